The molecule has 1 aromatic carbocycles. The van der Waals surface area contributed by atoms with E-state index in [1.807, 2.05) is 6.92 Å². The third kappa shape index (κ3) is 3.55. The predicted octanol–water partition coefficient (Wildman–Crippen LogP) is 3.92. The molecule has 1 N–H and O–H groups in total. The van der Waals surface area contributed by atoms with Crippen molar-refractivity contribution in [3.05, 3.63) is 58.9 Å². The van der Waals surface area contributed by atoms with Gasteiger partial charge in [-0.2, -0.15) is 0 Å². The van der Waals surface area contributed by atoms with Gasteiger partial charge in [-0.1, -0.05) is 13.0 Å². The van der Waals surface area contributed by atoms with Crippen LogP contribution in [0.15, 0.2) is 36.4 Å². The number of nitrogens with one attached hydrogen (secondary N) is 1. The van der Waals surface area contributed by atoms with Crippen molar-refractivity contribution in [2.24, 2.45) is 11.8 Å². The Labute approximate surface area is 165 Å². The van der Waals surface area contributed by atoms with E-state index < -0.39 is 5.60 Å². The number of allylic oxidation sites excluding steroid dienone is 2. The summed E-state index contributed by atoms with van der Waals surface area (Å²) < 4.78 is 20.9. The van der Waals surface area contributed by atoms with Crippen LogP contribution in [0.25, 0.3) is 0 Å². The highest BCUT2D eigenvalue weighted by Gasteiger charge is 2.49. The van der Waals surface area contributed by atoms with Crippen molar-refractivity contribution < 1.29 is 18.7 Å². The second-order valence-electron chi connectivity index (χ2n) is 7.93. The minimum atomic E-state index is -0.550. The molecule has 3 rings (SSSR count). The highest BCUT2D eigenvalue weighted by molar-refractivity contribution is 5.95. The first-order valence-electron chi connectivity index (χ1n) is 9.83. The highest BCUT2D eigenvalue weighted by Crippen LogP contribution is 2.47. The van der Waals surface area contributed by atoms with Crippen molar-refractivity contribution in [1.82, 2.24) is 5.32 Å². The number of ketones is 1. The van der Waals surface area contributed by atoms with E-state index in [0.717, 1.165) is 12.0 Å². The fraction of sp³-hybridized carbons (Fsp3) is 0.478. The van der Waals surface area contributed by atoms with Gasteiger partial charge in [0.2, 0.25) is 0 Å². The Morgan fingerprint density at radius 2 is 2.25 bits per heavy atom. The third-order valence-electron chi connectivity index (χ3n) is 6.18. The molecule has 1 fully saturated rings. The van der Waals surface area contributed by atoms with Crippen LogP contribution in [0, 0.1) is 24.6 Å². The Hall–Kier alpha value is -2.27. The van der Waals surface area contributed by atoms with Crippen LogP contribution in [0.3, 0.4) is 0 Å². The van der Waals surface area contributed by atoms with Gasteiger partial charge in [-0.15, -0.1) is 6.58 Å². The molecule has 5 heteroatoms. The lowest BCUT2D eigenvalue weighted by Gasteiger charge is -2.41. The largest absolute Gasteiger partial charge is 0.370 e. The van der Waals surface area contributed by atoms with Crippen molar-refractivity contribution in [2.75, 3.05) is 13.7 Å². The smallest absolute Gasteiger partial charge is 0.251 e. The Kier molecular flexibility index (Phi) is 5.84. The molecule has 150 valence electrons. The van der Waals surface area contributed by atoms with E-state index in [9.17, 15) is 14.0 Å². The lowest BCUT2D eigenvalue weighted by molar-refractivity contribution is -0.123. The van der Waals surface area contributed by atoms with Crippen LogP contribution in [0.2, 0.25) is 0 Å². The molecule has 0 bridgehead atoms. The van der Waals surface area contributed by atoms with Crippen molar-refractivity contribution >= 4 is 11.7 Å². The molecule has 0 radical (unpaired) electrons. The van der Waals surface area contributed by atoms with E-state index in [1.165, 1.54) is 6.07 Å². The molecule has 1 amide bonds. The van der Waals surface area contributed by atoms with Crippen molar-refractivity contribution in [2.45, 2.75) is 45.1 Å². The average Bonchev–Trinajstić information content (AvgIpc) is 3.07. The van der Waals surface area contributed by atoms with Crippen LogP contribution in [-0.4, -0.2) is 30.9 Å². The molecular formula is C23H28FNO3. The van der Waals surface area contributed by atoms with Crippen LogP contribution < -0.4 is 5.32 Å². The second kappa shape index (κ2) is 8.00. The fourth-order valence-corrected chi connectivity index (χ4v) is 4.60. The first-order chi connectivity index (χ1) is 13.3. The highest BCUT2D eigenvalue weighted by atomic mass is 19.1. The Morgan fingerprint density at radius 1 is 1.50 bits per heavy atom. The SMILES string of the molecule is C=CC[C@H]1C[C@]2([C@@H](C)Cc3cc(C(=O)NC)c(C)cc3F)OCCC2=CC1=O. The number of aryl methyl sites for hydroxylation is 1. The number of rotatable bonds is 6. The molecule has 0 unspecified atom stereocenters. The number of amides is 1. The van der Waals surface area contributed by atoms with Crippen LogP contribution >= 0.6 is 0 Å². The maximum Gasteiger partial charge on any atom is 0.251 e. The number of hydrogen-bond acceptors (Lipinski definition) is 3. The number of carbonyl (C=O) groups is 2. The monoisotopic (exact) mass is 385 g/mol. The van der Waals surface area contributed by atoms with Crippen molar-refractivity contribution in [1.29, 1.82) is 0 Å². The Morgan fingerprint density at radius 3 is 2.93 bits per heavy atom. The minimum Gasteiger partial charge on any atom is -0.370 e. The van der Waals surface area contributed by atoms with Crippen molar-refractivity contribution in [3.63, 3.8) is 0 Å². The molecule has 1 saturated heterocycles. The molecule has 2 aliphatic rings. The molecule has 4 nitrogen and oxygen atoms in total. The normalized spacial score (nSPS) is 25.1. The van der Waals surface area contributed by atoms with Crippen LogP contribution in [-0.2, 0) is 16.0 Å². The number of carbonyl (C=O) groups excluding carboxylic acids is 2. The lowest BCUT2D eigenvalue weighted by Crippen LogP contribution is -2.44. The third-order valence-corrected chi connectivity index (χ3v) is 6.18. The van der Waals surface area contributed by atoms with Gasteiger partial charge < -0.3 is 10.1 Å². The van der Waals surface area contributed by atoms with Gasteiger partial charge >= 0.3 is 0 Å². The molecule has 1 aliphatic carbocycles. The van der Waals surface area contributed by atoms with E-state index in [2.05, 4.69) is 11.9 Å². The van der Waals surface area contributed by atoms with Gasteiger partial charge in [-0.3, -0.25) is 9.59 Å². The summed E-state index contributed by atoms with van der Waals surface area (Å²) in [5, 5.41) is 2.60. The summed E-state index contributed by atoms with van der Waals surface area (Å²) in [6.07, 6.45) is 5.88. The van der Waals surface area contributed by atoms with E-state index in [1.54, 1.807) is 32.2 Å². The first-order valence-corrected chi connectivity index (χ1v) is 9.83. The Bertz CT molecular complexity index is 844. The second-order valence-corrected chi connectivity index (χ2v) is 7.93. The molecule has 0 spiro atoms. The van der Waals surface area contributed by atoms with Crippen LogP contribution in [0.1, 0.15) is 47.7 Å². The molecular weight excluding hydrogens is 357 g/mol. The maximum absolute atomic E-state index is 14.7. The molecule has 1 heterocycles. The number of hydrogen-bond donors (Lipinski definition) is 1. The quantitative estimate of drug-likeness (QED) is 0.755. The standard InChI is InChI=1S/C23H28FNO3/c1-5-6-16-13-23(18(7-8-28-23)12-21(16)26)15(3)10-17-11-19(22(27)25-4)14(2)9-20(17)24/h5,9,11-12,15-16H,1,6-8,10,13H2,2-4H3,(H,25,27)/t15-,16-,23+/m0/s1. The Balaban J connectivity index is 1.93. The van der Waals surface area contributed by atoms with Gasteiger partial charge in [0.1, 0.15) is 5.82 Å². The minimum absolute atomic E-state index is 0.0311. The zero-order valence-electron chi connectivity index (χ0n) is 16.8. The summed E-state index contributed by atoms with van der Waals surface area (Å²) in [5.41, 5.74) is 2.06. The summed E-state index contributed by atoms with van der Waals surface area (Å²) >= 11 is 0. The van der Waals surface area contributed by atoms with Gasteiger partial charge in [0.25, 0.3) is 5.91 Å². The number of halogens is 1. The van der Waals surface area contributed by atoms with Gasteiger partial charge in [0.05, 0.1) is 12.2 Å². The van der Waals surface area contributed by atoms with Crippen LogP contribution in [0.4, 0.5) is 4.39 Å². The summed E-state index contributed by atoms with van der Waals surface area (Å²) in [4.78, 5) is 24.5. The molecule has 1 aromatic rings. The van der Waals surface area contributed by atoms with Crippen molar-refractivity contribution in [3.8, 4) is 0 Å². The van der Waals surface area contributed by atoms with Gasteiger partial charge in [0.15, 0.2) is 5.78 Å². The molecule has 28 heavy (non-hydrogen) atoms. The van der Waals surface area contributed by atoms with Gasteiger partial charge in [-0.05, 0) is 73.4 Å². The van der Waals surface area contributed by atoms with Gasteiger partial charge in [-0.25, -0.2) is 4.39 Å². The topological polar surface area (TPSA) is 55.4 Å². The number of ether oxygens (including phenoxy) is 1. The first kappa shape index (κ1) is 20.5. The molecule has 3 atom stereocenters. The fourth-order valence-electron chi connectivity index (χ4n) is 4.60. The summed E-state index contributed by atoms with van der Waals surface area (Å²) in [6.45, 7) is 8.11. The summed E-state index contributed by atoms with van der Waals surface area (Å²) in [6, 6.07) is 3.06. The molecule has 0 saturated carbocycles. The van der Waals surface area contributed by atoms with E-state index in [4.69, 9.17) is 4.74 Å². The number of benzene rings is 1. The zero-order valence-corrected chi connectivity index (χ0v) is 16.8. The van der Waals surface area contributed by atoms with Crippen LogP contribution in [0.5, 0.6) is 0 Å². The summed E-state index contributed by atoms with van der Waals surface area (Å²) in [7, 11) is 1.56. The van der Waals surface area contributed by atoms with E-state index in [0.29, 0.717) is 42.6 Å². The zero-order chi connectivity index (χ0) is 20.5. The van der Waals surface area contributed by atoms with E-state index in [-0.39, 0.29) is 29.3 Å². The van der Waals surface area contributed by atoms with Gasteiger partial charge in [0, 0.05) is 18.5 Å². The molecule has 1 aliphatic heterocycles. The number of fused-ring (bicyclic) bond motifs is 1. The van der Waals surface area contributed by atoms with E-state index >= 15 is 0 Å². The predicted molar refractivity (Wildman–Crippen MR) is 107 cm³/mol. The maximum atomic E-state index is 14.7. The lowest BCUT2D eigenvalue weighted by atomic mass is 9.68. The molecule has 0 aromatic heterocycles. The summed E-state index contributed by atoms with van der Waals surface area (Å²) in [5.74, 6) is -0.586. The average molecular weight is 385 g/mol.